The maximum atomic E-state index is 11.7. The number of methoxy groups -OCH3 is 1. The Hall–Kier alpha value is -0.770. The molecule has 0 spiro atoms. The van der Waals surface area contributed by atoms with Crippen LogP contribution in [0.3, 0.4) is 0 Å². The van der Waals surface area contributed by atoms with Crippen molar-refractivity contribution in [3.63, 3.8) is 0 Å². The van der Waals surface area contributed by atoms with Gasteiger partial charge in [0.05, 0.1) is 7.11 Å². The monoisotopic (exact) mass is 273 g/mol. The normalized spacial score (nSPS) is 28.5. The molecule has 2 unspecified atom stereocenters. The minimum absolute atomic E-state index is 0. The second-order valence-corrected chi connectivity index (χ2v) is 4.79. The van der Waals surface area contributed by atoms with Gasteiger partial charge >= 0.3 is 5.97 Å². The number of hydrogen-bond donors (Lipinski definition) is 1. The van der Waals surface area contributed by atoms with Crippen LogP contribution < -0.4 is 5.32 Å². The van der Waals surface area contributed by atoms with Crippen molar-refractivity contribution in [3.05, 3.63) is 34.3 Å². The smallest absolute Gasteiger partial charge is 0.326 e. The Bertz CT molecular complexity index is 478. The van der Waals surface area contributed by atoms with Crippen LogP contribution in [0, 0.1) is 0 Å². The number of benzene rings is 1. The highest BCUT2D eigenvalue weighted by atomic mass is 35.5. The molecule has 5 heteroatoms. The van der Waals surface area contributed by atoms with E-state index in [0.717, 1.165) is 17.0 Å². The van der Waals surface area contributed by atoms with Crippen molar-refractivity contribution in [1.82, 2.24) is 5.32 Å². The number of ether oxygens (including phenoxy) is 1. The van der Waals surface area contributed by atoms with E-state index in [9.17, 15) is 4.79 Å². The molecule has 0 aromatic heterocycles. The molecular weight excluding hydrogens is 261 g/mol. The van der Waals surface area contributed by atoms with Gasteiger partial charge in [0.15, 0.2) is 0 Å². The highest BCUT2D eigenvalue weighted by Crippen LogP contribution is 2.56. The van der Waals surface area contributed by atoms with Gasteiger partial charge in [-0.15, -0.1) is 12.4 Å². The fraction of sp³-hybridized carbons (Fsp3) is 0.417. The molecule has 1 fully saturated rings. The quantitative estimate of drug-likeness (QED) is 0.798. The number of fused-ring (bicyclic) bond motifs is 3. The second kappa shape index (κ2) is 4.16. The number of hydrogen-bond acceptors (Lipinski definition) is 3. The van der Waals surface area contributed by atoms with Crippen molar-refractivity contribution in [2.75, 3.05) is 7.11 Å². The fourth-order valence-corrected chi connectivity index (χ4v) is 2.90. The van der Waals surface area contributed by atoms with Crippen LogP contribution in [0.4, 0.5) is 0 Å². The Morgan fingerprint density at radius 3 is 3.06 bits per heavy atom. The highest BCUT2D eigenvalue weighted by molar-refractivity contribution is 6.31. The van der Waals surface area contributed by atoms with E-state index in [0.29, 0.717) is 6.54 Å². The molecule has 1 aromatic rings. The van der Waals surface area contributed by atoms with E-state index < -0.39 is 5.54 Å². The first-order valence-corrected chi connectivity index (χ1v) is 5.67. The molecule has 1 saturated carbocycles. The Balaban J connectivity index is 0.00000108. The van der Waals surface area contributed by atoms with E-state index in [1.54, 1.807) is 0 Å². The number of nitrogens with one attached hydrogen (secondary N) is 1. The minimum Gasteiger partial charge on any atom is -0.468 e. The summed E-state index contributed by atoms with van der Waals surface area (Å²) in [5, 5.41) is 4.03. The molecule has 1 N–H and O–H groups in total. The summed E-state index contributed by atoms with van der Waals surface area (Å²) in [4.78, 5) is 11.7. The third-order valence-corrected chi connectivity index (χ3v) is 3.98. The van der Waals surface area contributed by atoms with Crippen molar-refractivity contribution in [2.45, 2.75) is 24.4 Å². The van der Waals surface area contributed by atoms with Crippen LogP contribution in [0.15, 0.2) is 18.2 Å². The Morgan fingerprint density at radius 2 is 2.35 bits per heavy atom. The highest BCUT2D eigenvalue weighted by Gasteiger charge is 2.63. The van der Waals surface area contributed by atoms with E-state index in [1.807, 2.05) is 12.1 Å². The largest absolute Gasteiger partial charge is 0.468 e. The summed E-state index contributed by atoms with van der Waals surface area (Å²) in [6.45, 7) is 0.639. The van der Waals surface area contributed by atoms with Gasteiger partial charge in [0.1, 0.15) is 5.54 Å². The van der Waals surface area contributed by atoms with Gasteiger partial charge in [0, 0.05) is 17.5 Å². The molecule has 3 nitrogen and oxygen atoms in total. The van der Waals surface area contributed by atoms with Crippen molar-refractivity contribution < 1.29 is 9.53 Å². The first-order valence-electron chi connectivity index (χ1n) is 5.30. The summed E-state index contributed by atoms with van der Waals surface area (Å²) in [6, 6.07) is 5.87. The van der Waals surface area contributed by atoms with Gasteiger partial charge in [0.25, 0.3) is 0 Å². The van der Waals surface area contributed by atoms with Crippen LogP contribution in [0.5, 0.6) is 0 Å². The number of carbonyl (C=O) groups excluding carboxylic acids is 1. The first-order chi connectivity index (χ1) is 7.69. The molecule has 1 aliphatic carbocycles. The van der Waals surface area contributed by atoms with E-state index in [-0.39, 0.29) is 24.3 Å². The Labute approximate surface area is 111 Å². The summed E-state index contributed by atoms with van der Waals surface area (Å²) in [7, 11) is 1.43. The van der Waals surface area contributed by atoms with Gasteiger partial charge in [-0.2, -0.15) is 0 Å². The average molecular weight is 274 g/mol. The molecule has 1 aromatic carbocycles. The molecule has 0 saturated heterocycles. The lowest BCUT2D eigenvalue weighted by atomic mass is 9.96. The number of carbonyl (C=O) groups is 1. The Morgan fingerprint density at radius 1 is 1.59 bits per heavy atom. The summed E-state index contributed by atoms with van der Waals surface area (Å²) in [5.74, 6) is 0.0607. The van der Waals surface area contributed by atoms with Crippen LogP contribution in [-0.2, 0) is 16.1 Å². The SMILES string of the molecule is COC(=O)C12CC1c1cccc(Cl)c1CN2.Cl. The van der Waals surface area contributed by atoms with E-state index in [1.165, 1.54) is 12.7 Å². The lowest BCUT2D eigenvalue weighted by Gasteiger charge is -2.24. The van der Waals surface area contributed by atoms with Gasteiger partial charge in [-0.05, 0) is 23.6 Å². The molecule has 1 aliphatic heterocycles. The predicted octanol–water partition coefficient (Wildman–Crippen LogP) is 2.26. The van der Waals surface area contributed by atoms with Gasteiger partial charge < -0.3 is 4.74 Å². The average Bonchev–Trinajstić information content (AvgIpc) is 3.04. The lowest BCUT2D eigenvalue weighted by molar-refractivity contribution is -0.144. The molecule has 0 radical (unpaired) electrons. The van der Waals surface area contributed by atoms with Gasteiger partial charge in [-0.1, -0.05) is 23.7 Å². The molecule has 3 rings (SSSR count). The maximum Gasteiger partial charge on any atom is 0.326 e. The van der Waals surface area contributed by atoms with Gasteiger partial charge in [-0.25, -0.2) is 0 Å². The van der Waals surface area contributed by atoms with E-state index in [4.69, 9.17) is 16.3 Å². The van der Waals surface area contributed by atoms with E-state index in [2.05, 4.69) is 11.4 Å². The van der Waals surface area contributed by atoms with Gasteiger partial charge in [-0.3, -0.25) is 10.1 Å². The zero-order chi connectivity index (χ0) is 11.3. The van der Waals surface area contributed by atoms with Crippen molar-refractivity contribution >= 4 is 30.0 Å². The molecule has 0 bridgehead atoms. The third kappa shape index (κ3) is 1.65. The lowest BCUT2D eigenvalue weighted by Crippen LogP contribution is -2.43. The fourth-order valence-electron chi connectivity index (χ4n) is 2.65. The zero-order valence-electron chi connectivity index (χ0n) is 9.33. The molecule has 92 valence electrons. The van der Waals surface area contributed by atoms with E-state index >= 15 is 0 Å². The Kier molecular flexibility index (Phi) is 3.10. The molecular formula is C12H13Cl2NO2. The van der Waals surface area contributed by atoms with Gasteiger partial charge in [0.2, 0.25) is 0 Å². The molecule has 17 heavy (non-hydrogen) atoms. The predicted molar refractivity (Wildman–Crippen MR) is 67.6 cm³/mol. The summed E-state index contributed by atoms with van der Waals surface area (Å²) in [6.07, 6.45) is 0.813. The zero-order valence-corrected chi connectivity index (χ0v) is 10.9. The van der Waals surface area contributed by atoms with Crippen LogP contribution in [0.1, 0.15) is 23.5 Å². The minimum atomic E-state index is -0.480. The standard InChI is InChI=1S/C12H12ClNO2.ClH/c1-16-11(15)12-5-9(12)7-3-2-4-10(13)8(7)6-14-12;/h2-4,9,14H,5-6H2,1H3;1H. The van der Waals surface area contributed by atoms with Crippen LogP contribution in [-0.4, -0.2) is 18.6 Å². The van der Waals surface area contributed by atoms with Crippen molar-refractivity contribution in [2.24, 2.45) is 0 Å². The first kappa shape index (κ1) is 12.7. The summed E-state index contributed by atoms with van der Waals surface area (Å²) < 4.78 is 4.85. The number of halogens is 2. The number of rotatable bonds is 1. The maximum absolute atomic E-state index is 11.7. The summed E-state index contributed by atoms with van der Waals surface area (Å²) >= 11 is 6.13. The molecule has 2 atom stereocenters. The van der Waals surface area contributed by atoms with Crippen LogP contribution >= 0.6 is 24.0 Å². The second-order valence-electron chi connectivity index (χ2n) is 4.38. The molecule has 1 heterocycles. The number of esters is 1. The van der Waals surface area contributed by atoms with Crippen molar-refractivity contribution in [3.8, 4) is 0 Å². The molecule has 2 aliphatic rings. The summed E-state index contributed by atoms with van der Waals surface area (Å²) in [5.41, 5.74) is 1.83. The topological polar surface area (TPSA) is 38.3 Å². The molecule has 0 amide bonds. The van der Waals surface area contributed by atoms with Crippen LogP contribution in [0.25, 0.3) is 0 Å². The van der Waals surface area contributed by atoms with Crippen LogP contribution in [0.2, 0.25) is 5.02 Å². The van der Waals surface area contributed by atoms with Crippen molar-refractivity contribution in [1.29, 1.82) is 0 Å². The third-order valence-electron chi connectivity index (χ3n) is 3.62.